The zero-order valence-corrected chi connectivity index (χ0v) is 12.1. The highest BCUT2D eigenvalue weighted by Gasteiger charge is 2.25. The zero-order valence-electron chi connectivity index (χ0n) is 9.57. The van der Waals surface area contributed by atoms with Crippen molar-refractivity contribution in [1.29, 1.82) is 0 Å². The number of nitro groups is 1. The smallest absolute Gasteiger partial charge is 0.290 e. The van der Waals surface area contributed by atoms with Crippen LogP contribution in [0.4, 0.5) is 11.4 Å². The van der Waals surface area contributed by atoms with Gasteiger partial charge in [-0.1, -0.05) is 18.3 Å². The van der Waals surface area contributed by atoms with Crippen LogP contribution in [0.5, 0.6) is 0 Å². The van der Waals surface area contributed by atoms with E-state index in [0.29, 0.717) is 5.69 Å². The number of nitro benzene ring substituents is 1. The van der Waals surface area contributed by atoms with Gasteiger partial charge in [0.1, 0.15) is 9.22 Å². The molecule has 0 fully saturated rings. The van der Waals surface area contributed by atoms with Crippen LogP contribution in [0.1, 0.15) is 0 Å². The Bertz CT molecular complexity index is 640. The van der Waals surface area contributed by atoms with Crippen LogP contribution in [0.15, 0.2) is 35.7 Å². The number of benzene rings is 1. The second kappa shape index (κ2) is 6.13. The summed E-state index contributed by atoms with van der Waals surface area (Å²) in [4.78, 5) is 9.83. The van der Waals surface area contributed by atoms with Crippen LogP contribution in [0.3, 0.4) is 0 Å². The lowest BCUT2D eigenvalue weighted by molar-refractivity contribution is -0.387. The van der Waals surface area contributed by atoms with Gasteiger partial charge in [-0.25, -0.2) is 8.42 Å². The van der Waals surface area contributed by atoms with E-state index in [-0.39, 0.29) is 15.0 Å². The maximum absolute atomic E-state index is 11.9. The molecule has 0 unspecified atom stereocenters. The van der Waals surface area contributed by atoms with E-state index in [0.717, 1.165) is 12.1 Å². The summed E-state index contributed by atoms with van der Waals surface area (Å²) >= 11 is 8.52. The molecule has 0 aliphatic carbocycles. The molecule has 102 valence electrons. The minimum Gasteiger partial charge on any atom is -0.341 e. The highest BCUT2D eigenvalue weighted by atomic mass is 32.2. The molecule has 1 N–H and O–H groups in total. The number of thiol groups is 1. The van der Waals surface area contributed by atoms with Crippen LogP contribution in [0.2, 0.25) is 0 Å². The number of nitrogens with one attached hydrogen (secondary N) is 1. The molecule has 0 radical (unpaired) electrons. The van der Waals surface area contributed by atoms with Crippen molar-refractivity contribution in [1.82, 2.24) is 0 Å². The van der Waals surface area contributed by atoms with E-state index in [1.54, 1.807) is 0 Å². The summed E-state index contributed by atoms with van der Waals surface area (Å²) in [5.41, 5.74) is -0.222. The Kier molecular flexibility index (Phi) is 5.04. The molecule has 0 saturated carbocycles. The Hall–Kier alpha value is -1.45. The maximum Gasteiger partial charge on any atom is 0.290 e. The third kappa shape index (κ3) is 4.01. The molecule has 0 aromatic heterocycles. The second-order valence-electron chi connectivity index (χ2n) is 3.44. The van der Waals surface area contributed by atoms with E-state index >= 15 is 0 Å². The summed E-state index contributed by atoms with van der Waals surface area (Å²) in [6, 6.07) is 3.63. The van der Waals surface area contributed by atoms with Gasteiger partial charge < -0.3 is 5.32 Å². The molecular formula is C10H10N2O4S3. The number of nitrogens with zero attached hydrogens (tertiary/aromatic N) is 1. The van der Waals surface area contributed by atoms with Crippen molar-refractivity contribution >= 4 is 50.4 Å². The first-order chi connectivity index (χ1) is 8.77. The van der Waals surface area contributed by atoms with Crippen LogP contribution in [-0.4, -0.2) is 23.4 Å². The van der Waals surface area contributed by atoms with Gasteiger partial charge in [-0.3, -0.25) is 10.1 Å². The number of thiocarbonyl (C=S) groups is 1. The fraction of sp³-hybridized carbons (Fsp3) is 0.100. The van der Waals surface area contributed by atoms with E-state index in [9.17, 15) is 18.5 Å². The Morgan fingerprint density at radius 1 is 1.58 bits per heavy atom. The zero-order chi connectivity index (χ0) is 14.6. The Morgan fingerprint density at radius 2 is 2.21 bits per heavy atom. The fourth-order valence-corrected chi connectivity index (χ4v) is 2.83. The SMILES string of the molecule is C=CCS(=O)(=O)c1ccc(NC(=S)S)cc1[N+](=O)[O-]. The van der Waals surface area contributed by atoms with Crippen molar-refractivity contribution in [3.05, 3.63) is 41.0 Å². The van der Waals surface area contributed by atoms with Crippen molar-refractivity contribution in [3.63, 3.8) is 0 Å². The lowest BCUT2D eigenvalue weighted by atomic mass is 10.3. The summed E-state index contributed by atoms with van der Waals surface area (Å²) in [6.07, 6.45) is 1.17. The van der Waals surface area contributed by atoms with Gasteiger partial charge in [0.2, 0.25) is 0 Å². The van der Waals surface area contributed by atoms with Crippen molar-refractivity contribution in [2.24, 2.45) is 0 Å². The monoisotopic (exact) mass is 318 g/mol. The largest absolute Gasteiger partial charge is 0.341 e. The molecule has 1 rings (SSSR count). The van der Waals surface area contributed by atoms with Gasteiger partial charge in [0.05, 0.1) is 10.7 Å². The van der Waals surface area contributed by atoms with Crippen molar-refractivity contribution < 1.29 is 13.3 Å². The molecule has 0 saturated heterocycles. The molecule has 0 amide bonds. The predicted molar refractivity (Wildman–Crippen MR) is 80.6 cm³/mol. The standard InChI is InChI=1S/C10H10N2O4S3/c1-2-5-19(15,16)9-4-3-7(11-10(17)18)6-8(9)12(13)14/h2-4,6H,1,5H2,(H2,11,17,18). The first kappa shape index (κ1) is 15.6. The van der Waals surface area contributed by atoms with Gasteiger partial charge in [0.25, 0.3) is 5.69 Å². The van der Waals surface area contributed by atoms with E-state index in [2.05, 4.69) is 36.7 Å². The fourth-order valence-electron chi connectivity index (χ4n) is 1.37. The molecule has 0 atom stereocenters. The van der Waals surface area contributed by atoms with Gasteiger partial charge in [0.15, 0.2) is 9.84 Å². The summed E-state index contributed by atoms with van der Waals surface area (Å²) in [5, 5.41) is 13.5. The van der Waals surface area contributed by atoms with Gasteiger partial charge in [-0.2, -0.15) is 0 Å². The number of hydrogen-bond acceptors (Lipinski definition) is 5. The topological polar surface area (TPSA) is 89.3 Å². The average Bonchev–Trinajstić information content (AvgIpc) is 2.27. The summed E-state index contributed by atoms with van der Waals surface area (Å²) in [6.45, 7) is 3.31. The first-order valence-corrected chi connectivity index (χ1v) is 7.40. The summed E-state index contributed by atoms with van der Waals surface area (Å²) < 4.78 is 23.8. The quantitative estimate of drug-likeness (QED) is 0.284. The van der Waals surface area contributed by atoms with Crippen LogP contribution in [0.25, 0.3) is 0 Å². The average molecular weight is 318 g/mol. The Labute approximate surface area is 121 Å². The third-order valence-corrected chi connectivity index (χ3v) is 3.98. The molecule has 19 heavy (non-hydrogen) atoms. The molecular weight excluding hydrogens is 308 g/mol. The molecule has 6 nitrogen and oxygen atoms in total. The molecule has 1 aromatic carbocycles. The minimum absolute atomic E-state index is 0.121. The van der Waals surface area contributed by atoms with Crippen LogP contribution in [-0.2, 0) is 9.84 Å². The Morgan fingerprint density at radius 3 is 2.68 bits per heavy atom. The molecule has 0 heterocycles. The van der Waals surface area contributed by atoms with Crippen LogP contribution in [0, 0.1) is 10.1 Å². The lowest BCUT2D eigenvalue weighted by Crippen LogP contribution is -2.09. The predicted octanol–water partition coefficient (Wildman–Crippen LogP) is 2.18. The molecule has 0 bridgehead atoms. The molecule has 9 heteroatoms. The lowest BCUT2D eigenvalue weighted by Gasteiger charge is -2.07. The van der Waals surface area contributed by atoms with E-state index in [1.807, 2.05) is 0 Å². The first-order valence-electron chi connectivity index (χ1n) is 4.90. The normalized spacial score (nSPS) is 10.8. The van der Waals surface area contributed by atoms with E-state index in [1.165, 1.54) is 12.1 Å². The van der Waals surface area contributed by atoms with Gasteiger partial charge in [-0.15, -0.1) is 19.2 Å². The maximum atomic E-state index is 11.9. The molecule has 1 aromatic rings. The van der Waals surface area contributed by atoms with E-state index < -0.39 is 20.4 Å². The van der Waals surface area contributed by atoms with Crippen LogP contribution < -0.4 is 5.32 Å². The van der Waals surface area contributed by atoms with Crippen molar-refractivity contribution in [3.8, 4) is 0 Å². The van der Waals surface area contributed by atoms with Crippen molar-refractivity contribution in [2.45, 2.75) is 4.90 Å². The minimum atomic E-state index is -3.77. The molecule has 0 spiro atoms. The second-order valence-corrected chi connectivity index (χ2v) is 6.60. The van der Waals surface area contributed by atoms with Gasteiger partial charge in [-0.05, 0) is 12.1 Å². The third-order valence-electron chi connectivity index (χ3n) is 2.08. The number of rotatable bonds is 5. The van der Waals surface area contributed by atoms with Gasteiger partial charge in [0, 0.05) is 11.8 Å². The number of anilines is 1. The molecule has 0 aliphatic heterocycles. The highest BCUT2D eigenvalue weighted by Crippen LogP contribution is 2.28. The number of sulfone groups is 1. The van der Waals surface area contributed by atoms with Crippen LogP contribution >= 0.6 is 24.8 Å². The molecule has 0 aliphatic rings. The van der Waals surface area contributed by atoms with Crippen molar-refractivity contribution in [2.75, 3.05) is 11.1 Å². The summed E-state index contributed by atoms with van der Waals surface area (Å²) in [5.74, 6) is -0.369. The van der Waals surface area contributed by atoms with Gasteiger partial charge >= 0.3 is 0 Å². The van der Waals surface area contributed by atoms with E-state index in [4.69, 9.17) is 0 Å². The Balaban J connectivity index is 3.38. The summed E-state index contributed by atoms with van der Waals surface area (Å²) in [7, 11) is -3.77. The number of hydrogen-bond donors (Lipinski definition) is 2. The highest BCUT2D eigenvalue weighted by molar-refractivity contribution is 8.11.